The fourth-order valence-corrected chi connectivity index (χ4v) is 4.67. The van der Waals surface area contributed by atoms with Crippen LogP contribution in [-0.4, -0.2) is 7.11 Å². The molecule has 0 saturated heterocycles. The molecule has 0 unspecified atom stereocenters. The highest BCUT2D eigenvalue weighted by molar-refractivity contribution is 6.21. The molecule has 5 aromatic carbocycles. The van der Waals surface area contributed by atoms with Crippen molar-refractivity contribution < 1.29 is 48.6 Å². The second kappa shape index (κ2) is 9.18. The van der Waals surface area contributed by atoms with Gasteiger partial charge in [0.05, 0.1) is 12.7 Å². The highest BCUT2D eigenvalue weighted by atomic mass is 19.4. The summed E-state index contributed by atoms with van der Waals surface area (Å²) < 4.78 is 150. The van der Waals surface area contributed by atoms with Crippen LogP contribution in [0, 0.1) is 40.7 Å². The molecular weight excluding hydrogens is 542 g/mol. The van der Waals surface area contributed by atoms with Crippen molar-refractivity contribution in [1.29, 1.82) is 0 Å². The first kappa shape index (κ1) is 26.3. The molecule has 0 spiro atoms. The Balaban J connectivity index is 2.06. The molecule has 0 atom stereocenters. The van der Waals surface area contributed by atoms with Crippen molar-refractivity contribution in [3.05, 3.63) is 101 Å². The standard InChI is InChI=1S/C28H12F10O/c1-39-13-5-2-11(3-6-13)18-15-10-12(29)4-7-14(15)19(21-17(31)9-8-16(30)20(18)21)22-24(32)26(34)23(28(36,37)38)27(35)25(22)33/h2-10H,1H3. The van der Waals surface area contributed by atoms with Gasteiger partial charge in [-0.25, -0.2) is 30.7 Å². The Hall–Kier alpha value is -4.28. The highest BCUT2D eigenvalue weighted by Gasteiger charge is 2.43. The van der Waals surface area contributed by atoms with E-state index in [1.807, 2.05) is 0 Å². The highest BCUT2D eigenvalue weighted by Crippen LogP contribution is 2.48. The van der Waals surface area contributed by atoms with Gasteiger partial charge in [-0.1, -0.05) is 18.2 Å². The number of hydrogen-bond donors (Lipinski definition) is 0. The molecule has 0 fully saturated rings. The lowest BCUT2D eigenvalue weighted by Crippen LogP contribution is -2.16. The van der Waals surface area contributed by atoms with Gasteiger partial charge in [0.1, 0.15) is 28.8 Å². The van der Waals surface area contributed by atoms with Gasteiger partial charge in [-0.3, -0.25) is 0 Å². The van der Waals surface area contributed by atoms with Crippen LogP contribution in [0.4, 0.5) is 43.9 Å². The summed E-state index contributed by atoms with van der Waals surface area (Å²) in [4.78, 5) is 0. The third kappa shape index (κ3) is 4.03. The molecule has 0 radical (unpaired) electrons. The lowest BCUT2D eigenvalue weighted by atomic mass is 9.84. The molecule has 1 nitrogen and oxygen atoms in total. The average molecular weight is 554 g/mol. The van der Waals surface area contributed by atoms with Gasteiger partial charge >= 0.3 is 6.18 Å². The summed E-state index contributed by atoms with van der Waals surface area (Å²) in [7, 11) is 1.37. The second-order valence-corrected chi connectivity index (χ2v) is 8.45. The molecule has 0 amide bonds. The van der Waals surface area contributed by atoms with E-state index < -0.39 is 79.7 Å². The summed E-state index contributed by atoms with van der Waals surface area (Å²) in [6, 6.07) is 9.41. The maximum atomic E-state index is 15.4. The number of halogens is 10. The first-order chi connectivity index (χ1) is 18.4. The molecule has 0 aliphatic heterocycles. The van der Waals surface area contributed by atoms with E-state index >= 15 is 17.6 Å². The quantitative estimate of drug-likeness (QED) is 0.123. The van der Waals surface area contributed by atoms with Crippen LogP contribution in [0.25, 0.3) is 43.8 Å². The first-order valence-electron chi connectivity index (χ1n) is 11.0. The molecule has 0 heterocycles. The largest absolute Gasteiger partial charge is 0.497 e. The van der Waals surface area contributed by atoms with Crippen LogP contribution < -0.4 is 4.74 Å². The summed E-state index contributed by atoms with van der Waals surface area (Å²) in [6.45, 7) is 0. The zero-order valence-electron chi connectivity index (χ0n) is 19.4. The van der Waals surface area contributed by atoms with Crippen molar-refractivity contribution in [3.8, 4) is 28.0 Å². The van der Waals surface area contributed by atoms with Crippen molar-refractivity contribution in [3.63, 3.8) is 0 Å². The summed E-state index contributed by atoms with van der Waals surface area (Å²) in [6.07, 6.45) is -5.82. The Bertz CT molecular complexity index is 1760. The number of alkyl halides is 3. The van der Waals surface area contributed by atoms with E-state index in [9.17, 15) is 26.3 Å². The second-order valence-electron chi connectivity index (χ2n) is 8.45. The molecule has 0 aliphatic carbocycles. The van der Waals surface area contributed by atoms with Crippen LogP contribution >= 0.6 is 0 Å². The molecule has 0 N–H and O–H groups in total. The van der Waals surface area contributed by atoms with Gasteiger partial charge in [-0.05, 0) is 52.7 Å². The molecule has 0 saturated carbocycles. The third-order valence-electron chi connectivity index (χ3n) is 6.30. The van der Waals surface area contributed by atoms with Gasteiger partial charge in [0.25, 0.3) is 0 Å². The fourth-order valence-electron chi connectivity index (χ4n) is 4.67. The zero-order valence-corrected chi connectivity index (χ0v) is 19.4. The molecule has 39 heavy (non-hydrogen) atoms. The zero-order chi connectivity index (χ0) is 28.4. The molecule has 5 aromatic rings. The van der Waals surface area contributed by atoms with E-state index in [2.05, 4.69) is 0 Å². The van der Waals surface area contributed by atoms with E-state index in [1.165, 1.54) is 31.4 Å². The predicted octanol–water partition coefficient (Wildman–Crippen LogP) is 9.33. The van der Waals surface area contributed by atoms with Gasteiger partial charge in [0.15, 0.2) is 23.3 Å². The lowest BCUT2D eigenvalue weighted by Gasteiger charge is -2.20. The number of rotatable bonds is 3. The van der Waals surface area contributed by atoms with Gasteiger partial charge in [-0.15, -0.1) is 0 Å². The summed E-state index contributed by atoms with van der Waals surface area (Å²) in [5.74, 6) is -13.6. The van der Waals surface area contributed by atoms with Crippen molar-refractivity contribution in [2.45, 2.75) is 6.18 Å². The molecule has 0 aromatic heterocycles. The van der Waals surface area contributed by atoms with Crippen LogP contribution in [0.3, 0.4) is 0 Å². The minimum atomic E-state index is -5.82. The molecule has 200 valence electrons. The van der Waals surface area contributed by atoms with Gasteiger partial charge in [0, 0.05) is 21.9 Å². The lowest BCUT2D eigenvalue weighted by molar-refractivity contribution is -0.143. The van der Waals surface area contributed by atoms with Gasteiger partial charge in [0.2, 0.25) is 0 Å². The Morgan fingerprint density at radius 2 is 1.10 bits per heavy atom. The summed E-state index contributed by atoms with van der Waals surface area (Å²) in [5, 5.41) is -2.24. The Morgan fingerprint density at radius 3 is 1.62 bits per heavy atom. The summed E-state index contributed by atoms with van der Waals surface area (Å²) >= 11 is 0. The maximum Gasteiger partial charge on any atom is 0.422 e. The van der Waals surface area contributed by atoms with E-state index in [4.69, 9.17) is 4.74 Å². The SMILES string of the molecule is COc1ccc(-c2c3cc(F)ccc3c(-c3c(F)c(F)c(C(F)(F)F)c(F)c3F)c3c(F)ccc(F)c23)cc1. The van der Waals surface area contributed by atoms with Crippen molar-refractivity contribution >= 4 is 21.5 Å². The third-order valence-corrected chi connectivity index (χ3v) is 6.30. The fraction of sp³-hybridized carbons (Fsp3) is 0.0714. The van der Waals surface area contributed by atoms with E-state index in [-0.39, 0.29) is 16.5 Å². The van der Waals surface area contributed by atoms with Crippen LogP contribution in [0.1, 0.15) is 5.56 Å². The monoisotopic (exact) mass is 554 g/mol. The van der Waals surface area contributed by atoms with E-state index in [1.54, 1.807) is 0 Å². The van der Waals surface area contributed by atoms with Crippen LogP contribution in [0.15, 0.2) is 54.6 Å². The van der Waals surface area contributed by atoms with Crippen molar-refractivity contribution in [2.24, 2.45) is 0 Å². The van der Waals surface area contributed by atoms with Crippen LogP contribution in [-0.2, 0) is 6.18 Å². The molecule has 0 aliphatic rings. The Morgan fingerprint density at radius 1 is 0.564 bits per heavy atom. The molecule has 11 heteroatoms. The first-order valence-corrected chi connectivity index (χ1v) is 11.0. The van der Waals surface area contributed by atoms with Crippen LogP contribution in [0.5, 0.6) is 5.75 Å². The molecule has 0 bridgehead atoms. The number of benzene rings is 5. The number of ether oxygens (including phenoxy) is 1. The number of methoxy groups -OCH3 is 1. The number of fused-ring (bicyclic) bond motifs is 2. The van der Waals surface area contributed by atoms with Crippen molar-refractivity contribution in [1.82, 2.24) is 0 Å². The van der Waals surface area contributed by atoms with Gasteiger partial charge in [-0.2, -0.15) is 13.2 Å². The molecular formula is C28H12F10O. The average Bonchev–Trinajstić information content (AvgIpc) is 2.88. The van der Waals surface area contributed by atoms with E-state index in [0.717, 1.165) is 18.2 Å². The smallest absolute Gasteiger partial charge is 0.422 e. The van der Waals surface area contributed by atoms with Crippen molar-refractivity contribution in [2.75, 3.05) is 7.11 Å². The molecule has 5 rings (SSSR count). The van der Waals surface area contributed by atoms with E-state index in [0.29, 0.717) is 17.9 Å². The Labute approximate surface area is 212 Å². The minimum Gasteiger partial charge on any atom is -0.497 e. The maximum absolute atomic E-state index is 15.4. The number of hydrogen-bond acceptors (Lipinski definition) is 1. The minimum absolute atomic E-state index is 0.156. The summed E-state index contributed by atoms with van der Waals surface area (Å²) in [5.41, 5.74) is -5.54. The predicted molar refractivity (Wildman–Crippen MR) is 124 cm³/mol. The Kier molecular flexibility index (Phi) is 6.20. The van der Waals surface area contributed by atoms with Gasteiger partial charge < -0.3 is 4.74 Å². The normalized spacial score (nSPS) is 12.0. The topological polar surface area (TPSA) is 9.23 Å². The van der Waals surface area contributed by atoms with Crippen LogP contribution in [0.2, 0.25) is 0 Å².